The molecule has 1 heterocycles. The minimum Gasteiger partial charge on any atom is -0.303 e. The zero-order valence-corrected chi connectivity index (χ0v) is 13.6. The largest absolute Gasteiger partial charge is 0.303 e. The first-order valence-electron chi connectivity index (χ1n) is 6.88. The van der Waals surface area contributed by atoms with Crippen molar-refractivity contribution in [3.05, 3.63) is 50.4 Å². The summed E-state index contributed by atoms with van der Waals surface area (Å²) >= 11 is 7.88. The van der Waals surface area contributed by atoms with E-state index in [0.717, 1.165) is 28.7 Å². The lowest BCUT2D eigenvalue weighted by Crippen LogP contribution is -2.30. The Morgan fingerprint density at radius 2 is 2.25 bits per heavy atom. The number of nitrogens with zero attached hydrogens (tertiary/aromatic N) is 1. The number of benzene rings is 1. The number of rotatable bonds is 3. The first kappa shape index (κ1) is 14.1. The molecule has 0 radical (unpaired) electrons. The van der Waals surface area contributed by atoms with Crippen LogP contribution in [0.2, 0.25) is 5.02 Å². The van der Waals surface area contributed by atoms with E-state index in [9.17, 15) is 0 Å². The maximum Gasteiger partial charge on any atom is 0.107 e. The SMILES string of the molecule is Cc1csc(CNC2c3cc(Cl)ccc3CC2(C)C)n1. The van der Waals surface area contributed by atoms with Gasteiger partial charge in [0.1, 0.15) is 5.01 Å². The summed E-state index contributed by atoms with van der Waals surface area (Å²) in [6.07, 6.45) is 1.09. The van der Waals surface area contributed by atoms with E-state index in [0.29, 0.717) is 6.04 Å². The second-order valence-corrected chi connectivity index (χ2v) is 7.58. The Hall–Kier alpha value is -0.900. The smallest absolute Gasteiger partial charge is 0.107 e. The first-order valence-corrected chi connectivity index (χ1v) is 8.14. The van der Waals surface area contributed by atoms with Crippen molar-refractivity contribution in [2.24, 2.45) is 5.41 Å². The van der Waals surface area contributed by atoms with Gasteiger partial charge in [-0.15, -0.1) is 11.3 Å². The lowest BCUT2D eigenvalue weighted by atomic mass is 9.85. The Morgan fingerprint density at radius 3 is 2.95 bits per heavy atom. The third-order valence-corrected chi connectivity index (χ3v) is 5.17. The quantitative estimate of drug-likeness (QED) is 0.902. The summed E-state index contributed by atoms with van der Waals surface area (Å²) < 4.78 is 0. The van der Waals surface area contributed by atoms with Gasteiger partial charge in [0.05, 0.1) is 0 Å². The van der Waals surface area contributed by atoms with Gasteiger partial charge in [0.2, 0.25) is 0 Å². The maximum atomic E-state index is 6.16. The molecule has 0 aliphatic heterocycles. The van der Waals surface area contributed by atoms with Crippen molar-refractivity contribution in [2.75, 3.05) is 0 Å². The summed E-state index contributed by atoms with van der Waals surface area (Å²) in [5, 5.41) is 7.74. The molecule has 1 aromatic heterocycles. The van der Waals surface area contributed by atoms with E-state index in [2.05, 4.69) is 41.7 Å². The van der Waals surface area contributed by atoms with Crippen molar-refractivity contribution in [1.82, 2.24) is 10.3 Å². The van der Waals surface area contributed by atoms with Gasteiger partial charge in [0.15, 0.2) is 0 Å². The van der Waals surface area contributed by atoms with E-state index < -0.39 is 0 Å². The highest BCUT2D eigenvalue weighted by atomic mass is 35.5. The van der Waals surface area contributed by atoms with Crippen LogP contribution in [0.1, 0.15) is 41.7 Å². The number of hydrogen-bond donors (Lipinski definition) is 1. The predicted octanol–water partition coefficient (Wildman–Crippen LogP) is 4.52. The van der Waals surface area contributed by atoms with Gasteiger partial charge in [0.25, 0.3) is 0 Å². The molecule has 0 saturated carbocycles. The second-order valence-electron chi connectivity index (χ2n) is 6.21. The molecule has 1 unspecified atom stereocenters. The van der Waals surface area contributed by atoms with Crippen molar-refractivity contribution in [2.45, 2.75) is 39.8 Å². The number of thiazole rings is 1. The van der Waals surface area contributed by atoms with E-state index in [1.165, 1.54) is 11.1 Å². The third kappa shape index (κ3) is 2.62. The van der Waals surface area contributed by atoms with Gasteiger partial charge < -0.3 is 5.32 Å². The number of hydrogen-bond acceptors (Lipinski definition) is 3. The molecule has 1 aliphatic rings. The molecule has 0 fully saturated rings. The summed E-state index contributed by atoms with van der Waals surface area (Å²) in [6.45, 7) is 7.48. The molecule has 4 heteroatoms. The molecule has 0 amide bonds. The highest BCUT2D eigenvalue weighted by Gasteiger charge is 2.38. The van der Waals surface area contributed by atoms with Gasteiger partial charge in [0, 0.05) is 28.7 Å². The number of nitrogens with one attached hydrogen (secondary N) is 1. The first-order chi connectivity index (χ1) is 9.45. The highest BCUT2D eigenvalue weighted by Crippen LogP contribution is 2.46. The van der Waals surface area contributed by atoms with Crippen LogP contribution in [-0.4, -0.2) is 4.98 Å². The minimum absolute atomic E-state index is 0.208. The molecule has 106 valence electrons. The molecule has 2 nitrogen and oxygen atoms in total. The van der Waals surface area contributed by atoms with Gasteiger partial charge in [-0.1, -0.05) is 31.5 Å². The maximum absolute atomic E-state index is 6.16. The molecule has 0 spiro atoms. The van der Waals surface area contributed by atoms with E-state index in [-0.39, 0.29) is 5.41 Å². The van der Waals surface area contributed by atoms with Gasteiger partial charge in [-0.2, -0.15) is 0 Å². The van der Waals surface area contributed by atoms with Crippen LogP contribution in [0.3, 0.4) is 0 Å². The van der Waals surface area contributed by atoms with Crippen LogP contribution in [0.25, 0.3) is 0 Å². The van der Waals surface area contributed by atoms with Gasteiger partial charge in [-0.3, -0.25) is 0 Å². The monoisotopic (exact) mass is 306 g/mol. The summed E-state index contributed by atoms with van der Waals surface area (Å²) in [5.41, 5.74) is 4.06. The fourth-order valence-corrected chi connectivity index (χ4v) is 3.97. The van der Waals surface area contributed by atoms with Crippen LogP contribution in [0.5, 0.6) is 0 Å². The fourth-order valence-electron chi connectivity index (χ4n) is 3.07. The zero-order chi connectivity index (χ0) is 14.3. The molecule has 1 aliphatic carbocycles. The second kappa shape index (κ2) is 5.14. The van der Waals surface area contributed by atoms with Crippen LogP contribution in [0, 0.1) is 12.3 Å². The molecular formula is C16H19ClN2S. The van der Waals surface area contributed by atoms with E-state index in [1.54, 1.807) is 11.3 Å². The summed E-state index contributed by atoms with van der Waals surface area (Å²) in [7, 11) is 0. The molecule has 2 aromatic rings. The normalized spacial score (nSPS) is 20.1. The van der Waals surface area contributed by atoms with Gasteiger partial charge >= 0.3 is 0 Å². The third-order valence-electron chi connectivity index (χ3n) is 3.97. The minimum atomic E-state index is 0.208. The Morgan fingerprint density at radius 1 is 1.45 bits per heavy atom. The van der Waals surface area contributed by atoms with Gasteiger partial charge in [-0.25, -0.2) is 4.98 Å². The van der Waals surface area contributed by atoms with Crippen molar-refractivity contribution < 1.29 is 0 Å². The summed E-state index contributed by atoms with van der Waals surface area (Å²) in [4.78, 5) is 4.52. The van der Waals surface area contributed by atoms with E-state index >= 15 is 0 Å². The average Bonchev–Trinajstić information content (AvgIpc) is 2.87. The highest BCUT2D eigenvalue weighted by molar-refractivity contribution is 7.09. The van der Waals surface area contributed by atoms with E-state index in [4.69, 9.17) is 11.6 Å². The molecule has 0 bridgehead atoms. The zero-order valence-electron chi connectivity index (χ0n) is 12.0. The lowest BCUT2D eigenvalue weighted by molar-refractivity contribution is 0.268. The van der Waals surface area contributed by atoms with Crippen LogP contribution >= 0.6 is 22.9 Å². The molecule has 0 saturated heterocycles. The number of aromatic nitrogens is 1. The van der Waals surface area contributed by atoms with E-state index in [1.807, 2.05) is 13.0 Å². The summed E-state index contributed by atoms with van der Waals surface area (Å²) in [6, 6.07) is 6.59. The van der Waals surface area contributed by atoms with Crippen LogP contribution in [-0.2, 0) is 13.0 Å². The Labute approximate surface area is 129 Å². The summed E-state index contributed by atoms with van der Waals surface area (Å²) in [5.74, 6) is 0. The number of fused-ring (bicyclic) bond motifs is 1. The molecule has 20 heavy (non-hydrogen) atoms. The predicted molar refractivity (Wildman–Crippen MR) is 85.4 cm³/mol. The molecule has 1 atom stereocenters. The van der Waals surface area contributed by atoms with Crippen LogP contribution < -0.4 is 5.32 Å². The number of aryl methyl sites for hydroxylation is 1. The van der Waals surface area contributed by atoms with Crippen molar-refractivity contribution >= 4 is 22.9 Å². The fraction of sp³-hybridized carbons (Fsp3) is 0.438. The molecule has 3 rings (SSSR count). The topological polar surface area (TPSA) is 24.9 Å². The lowest BCUT2D eigenvalue weighted by Gasteiger charge is -2.28. The molecule has 1 N–H and O–H groups in total. The van der Waals surface area contributed by atoms with Crippen LogP contribution in [0.15, 0.2) is 23.6 Å². The Balaban J connectivity index is 1.83. The standard InChI is InChI=1S/C16H19ClN2S/c1-10-9-20-14(19-10)8-18-15-13-6-12(17)5-4-11(13)7-16(15,2)3/h4-6,9,15,18H,7-8H2,1-3H3. The van der Waals surface area contributed by atoms with Crippen molar-refractivity contribution in [1.29, 1.82) is 0 Å². The van der Waals surface area contributed by atoms with Crippen molar-refractivity contribution in [3.63, 3.8) is 0 Å². The Bertz CT molecular complexity index is 633. The number of halogens is 1. The Kier molecular flexibility index (Phi) is 3.61. The van der Waals surface area contributed by atoms with Gasteiger partial charge in [-0.05, 0) is 42.0 Å². The van der Waals surface area contributed by atoms with Crippen molar-refractivity contribution in [3.8, 4) is 0 Å². The van der Waals surface area contributed by atoms with Crippen LogP contribution in [0.4, 0.5) is 0 Å². The molecule has 1 aromatic carbocycles. The molecular weight excluding hydrogens is 288 g/mol. The average molecular weight is 307 g/mol.